The number of fused-ring (bicyclic) bond motifs is 8. The van der Waals surface area contributed by atoms with E-state index in [1.165, 1.54) is 48.1 Å². The fourth-order valence-corrected chi connectivity index (χ4v) is 9.97. The number of esters is 3. The van der Waals surface area contributed by atoms with Crippen molar-refractivity contribution >= 4 is 68.3 Å². The van der Waals surface area contributed by atoms with Crippen molar-refractivity contribution in [1.82, 2.24) is 29.5 Å². The van der Waals surface area contributed by atoms with E-state index in [-0.39, 0.29) is 60.4 Å². The van der Waals surface area contributed by atoms with Crippen LogP contribution >= 0.6 is 0 Å². The standard InChI is InChI=1S/C52H60N6O12/c1-13-32-25(4)37-20-42-45(28(7)36-21-58(52(65)57-50(36)64)51-49(67-12)48(69-31(10)62)43(70-51)22-68-30(9)61)29(8)40(54-42)18-38-26(5)33(14-15-44(63)66-11)46(55-38)35(17-24(3)60)47-34(16-23(2)59)27(6)39(56-47)19-41(32)53-37/h18-21,26,33,43,48-49,51,54,56H,7,13-17,22H2,1-6,8-12H3,(H,57,64,65)/t26-,33-,43+,48?,49?,51+/m0/s1. The molecule has 0 spiro atoms. The van der Waals surface area contributed by atoms with Crippen molar-refractivity contribution in [3.63, 3.8) is 0 Å². The van der Waals surface area contributed by atoms with Gasteiger partial charge < -0.3 is 33.7 Å². The van der Waals surface area contributed by atoms with Crippen LogP contribution in [0.5, 0.6) is 0 Å². The van der Waals surface area contributed by atoms with E-state index in [1.54, 1.807) is 0 Å². The van der Waals surface area contributed by atoms with E-state index in [2.05, 4.69) is 21.5 Å². The third-order valence-corrected chi connectivity index (χ3v) is 13.5. The minimum absolute atomic E-state index is 0.00266. The molecule has 18 heteroatoms. The van der Waals surface area contributed by atoms with Crippen molar-refractivity contribution in [3.8, 4) is 0 Å². The lowest BCUT2D eigenvalue weighted by Crippen LogP contribution is -2.41. The second kappa shape index (κ2) is 20.5. The summed E-state index contributed by atoms with van der Waals surface area (Å²) >= 11 is 0. The summed E-state index contributed by atoms with van der Waals surface area (Å²) in [5.41, 5.74) is 9.03. The van der Waals surface area contributed by atoms with Crippen molar-refractivity contribution < 1.29 is 47.7 Å². The number of H-pyrrole nitrogens is 3. The van der Waals surface area contributed by atoms with Gasteiger partial charge in [-0.25, -0.2) is 9.78 Å². The number of hydrogen-bond acceptors (Lipinski definition) is 14. The van der Waals surface area contributed by atoms with E-state index in [0.29, 0.717) is 74.4 Å². The maximum Gasteiger partial charge on any atom is 0.330 e. The minimum Gasteiger partial charge on any atom is -0.469 e. The number of allylic oxidation sites excluding steroid dienone is 2. The summed E-state index contributed by atoms with van der Waals surface area (Å²) < 4.78 is 28.9. The summed E-state index contributed by atoms with van der Waals surface area (Å²) in [7, 11) is 2.69. The Kier molecular flexibility index (Phi) is 14.9. The highest BCUT2D eigenvalue weighted by atomic mass is 16.6. The molecule has 3 aliphatic rings. The topological polar surface area (TPSA) is 244 Å². The first kappa shape index (κ1) is 50.8. The third kappa shape index (κ3) is 9.87. The Bertz CT molecular complexity index is 3170. The molecule has 8 bridgehead atoms. The molecule has 4 aromatic rings. The van der Waals surface area contributed by atoms with Crippen LogP contribution in [0.3, 0.4) is 0 Å². The van der Waals surface area contributed by atoms with Gasteiger partial charge in [0, 0.05) is 97.1 Å². The largest absolute Gasteiger partial charge is 0.469 e. The Hall–Kier alpha value is -7.05. The zero-order valence-corrected chi connectivity index (χ0v) is 41.5. The number of rotatable bonds is 15. The number of nitrogens with one attached hydrogen (secondary N) is 3. The van der Waals surface area contributed by atoms with Gasteiger partial charge in [0.2, 0.25) is 0 Å². The van der Waals surface area contributed by atoms with Crippen molar-refractivity contribution in [1.29, 1.82) is 0 Å². The molecule has 0 aliphatic carbocycles. The molecule has 7 heterocycles. The van der Waals surface area contributed by atoms with Gasteiger partial charge in [-0.3, -0.25) is 43.3 Å². The van der Waals surface area contributed by atoms with Gasteiger partial charge in [-0.05, 0) is 99.1 Å². The Labute approximate surface area is 403 Å². The Morgan fingerprint density at radius 2 is 1.50 bits per heavy atom. The predicted molar refractivity (Wildman–Crippen MR) is 261 cm³/mol. The molecular formula is C52H60N6O12. The summed E-state index contributed by atoms with van der Waals surface area (Å²) in [5, 5.41) is 0. The highest BCUT2D eigenvalue weighted by Crippen LogP contribution is 2.44. The first-order chi connectivity index (χ1) is 33.2. The third-order valence-electron chi connectivity index (χ3n) is 13.5. The van der Waals surface area contributed by atoms with Crippen LogP contribution in [0.25, 0.3) is 38.8 Å². The highest BCUT2D eigenvalue weighted by molar-refractivity contribution is 5.96. The zero-order valence-electron chi connectivity index (χ0n) is 41.5. The maximum atomic E-state index is 14.0. The van der Waals surface area contributed by atoms with Gasteiger partial charge in [0.1, 0.15) is 30.4 Å². The number of methoxy groups -OCH3 is 2. The van der Waals surface area contributed by atoms with Crippen molar-refractivity contribution in [2.45, 2.75) is 131 Å². The van der Waals surface area contributed by atoms with E-state index in [0.717, 1.165) is 26.8 Å². The molecule has 4 aromatic heterocycles. The number of Topliss-reactive ketones (excluding diaryl/α,β-unsaturated/α-hetero) is 2. The van der Waals surface area contributed by atoms with Gasteiger partial charge in [-0.1, -0.05) is 20.4 Å². The maximum absolute atomic E-state index is 14.0. The second-order valence-electron chi connectivity index (χ2n) is 18.2. The molecule has 18 nitrogen and oxygen atoms in total. The monoisotopic (exact) mass is 960 g/mol. The van der Waals surface area contributed by atoms with E-state index >= 15 is 0 Å². The molecule has 7 rings (SSSR count). The molecule has 3 N–H and O–H groups in total. The first-order valence-electron chi connectivity index (χ1n) is 23.2. The number of ketones is 2. The summed E-state index contributed by atoms with van der Waals surface area (Å²) in [4.78, 5) is 111. The SMILES string of the molecule is C=C(c1cn([C@@H]2O[C@H](COC(C)=O)C(OC(C)=O)C2OC)c(=O)[nH]c1=O)c1c(C)c2cc3nc(c(CC(C)=O)c4[nH]c(cc5nc(cc1[nH]2)C(C)=C5CC)c(C)c4CC(C)=O)[C@@H](CCC(=O)OC)[C@@H]3C. The average Bonchev–Trinajstić information content (AvgIpc) is 4.05. The van der Waals surface area contributed by atoms with Crippen molar-refractivity contribution in [2.75, 3.05) is 20.8 Å². The molecule has 1 fully saturated rings. The molecule has 6 atom stereocenters. The predicted octanol–water partition coefficient (Wildman–Crippen LogP) is 6.69. The van der Waals surface area contributed by atoms with Crippen LogP contribution < -0.4 is 11.2 Å². The van der Waals surface area contributed by atoms with Crippen LogP contribution in [0.4, 0.5) is 0 Å². The Balaban J connectivity index is 1.53. The van der Waals surface area contributed by atoms with Crippen LogP contribution in [0, 0.1) is 13.8 Å². The fourth-order valence-electron chi connectivity index (χ4n) is 9.97. The number of ether oxygens (including phenoxy) is 5. The minimum atomic E-state index is -1.25. The number of carbonyl (C=O) groups is 5. The number of hydrogen-bond donors (Lipinski definition) is 3. The van der Waals surface area contributed by atoms with Crippen LogP contribution in [0.1, 0.15) is 142 Å². The van der Waals surface area contributed by atoms with Crippen molar-refractivity contribution in [3.05, 3.63) is 108 Å². The number of aromatic nitrogens is 6. The lowest BCUT2D eigenvalue weighted by Gasteiger charge is -2.23. The van der Waals surface area contributed by atoms with Crippen LogP contribution in [-0.4, -0.2) is 98.1 Å². The molecule has 0 amide bonds. The smallest absolute Gasteiger partial charge is 0.330 e. The number of aryl methyl sites for hydroxylation is 2. The second-order valence-corrected chi connectivity index (χ2v) is 18.2. The first-order valence-corrected chi connectivity index (χ1v) is 23.2. The van der Waals surface area contributed by atoms with Gasteiger partial charge in [0.25, 0.3) is 5.56 Å². The lowest BCUT2D eigenvalue weighted by atomic mass is 9.84. The van der Waals surface area contributed by atoms with Gasteiger partial charge in [0.05, 0.1) is 29.8 Å². The summed E-state index contributed by atoms with van der Waals surface area (Å²) in [5.74, 6) is -2.44. The van der Waals surface area contributed by atoms with E-state index in [1.807, 2.05) is 52.8 Å². The van der Waals surface area contributed by atoms with Gasteiger partial charge in [-0.2, -0.15) is 0 Å². The number of nitrogens with zero attached hydrogens (tertiary/aromatic N) is 3. The molecule has 0 saturated carbocycles. The number of carbonyl (C=O) groups excluding carboxylic acids is 5. The Morgan fingerprint density at radius 1 is 0.829 bits per heavy atom. The molecule has 0 aromatic carbocycles. The van der Waals surface area contributed by atoms with Crippen molar-refractivity contribution in [2.24, 2.45) is 0 Å². The van der Waals surface area contributed by atoms with Gasteiger partial charge >= 0.3 is 23.6 Å². The van der Waals surface area contributed by atoms with Crippen LogP contribution in [0.15, 0.2) is 40.6 Å². The molecule has 1 saturated heterocycles. The lowest BCUT2D eigenvalue weighted by molar-refractivity contribution is -0.158. The fraction of sp³-hybridized carbons (Fsp3) is 0.442. The average molecular weight is 961 g/mol. The van der Waals surface area contributed by atoms with E-state index < -0.39 is 53.7 Å². The number of aromatic amines is 3. The van der Waals surface area contributed by atoms with Gasteiger partial charge in [0.15, 0.2) is 12.3 Å². The molecule has 2 unspecified atom stereocenters. The van der Waals surface area contributed by atoms with E-state index in [9.17, 15) is 33.6 Å². The molecular weight excluding hydrogens is 901 g/mol. The summed E-state index contributed by atoms with van der Waals surface area (Å²) in [6.07, 6.45) is -1.93. The van der Waals surface area contributed by atoms with Crippen LogP contribution in [-0.2, 0) is 60.5 Å². The quantitative estimate of drug-likeness (QED) is 0.0830. The van der Waals surface area contributed by atoms with Crippen LogP contribution in [0.2, 0.25) is 0 Å². The molecule has 370 valence electrons. The zero-order chi connectivity index (χ0) is 51.0. The van der Waals surface area contributed by atoms with E-state index in [4.69, 9.17) is 33.7 Å². The van der Waals surface area contributed by atoms with Gasteiger partial charge in [-0.15, -0.1) is 0 Å². The Morgan fingerprint density at radius 3 is 2.13 bits per heavy atom. The summed E-state index contributed by atoms with van der Waals surface area (Å²) in [6.45, 7) is 19.4. The highest BCUT2D eigenvalue weighted by Gasteiger charge is 2.49. The molecule has 0 radical (unpaired) electrons. The summed E-state index contributed by atoms with van der Waals surface area (Å²) in [6, 6.07) is 5.75. The normalized spacial score (nSPS) is 19.8. The molecule has 70 heavy (non-hydrogen) atoms. The molecule has 3 aliphatic heterocycles.